The molecule has 0 bridgehead atoms. The van der Waals surface area contributed by atoms with Gasteiger partial charge in [-0.3, -0.25) is 4.79 Å². The van der Waals surface area contributed by atoms with Gasteiger partial charge in [-0.1, -0.05) is 6.07 Å². The molecule has 0 spiro atoms. The van der Waals surface area contributed by atoms with Gasteiger partial charge in [0.2, 0.25) is 0 Å². The molecule has 5 nitrogen and oxygen atoms in total. The van der Waals surface area contributed by atoms with Crippen molar-refractivity contribution >= 4 is 17.3 Å². The summed E-state index contributed by atoms with van der Waals surface area (Å²) in [5.74, 6) is -0.0262. The standard InChI is InChI=1S/C14H22N4O/c1-10(18(2)3)9-17-14(19)11-5-4-6-12-13(11)16-8-7-15-12/h4-6,10,15-16H,7-9H2,1-3H3,(H,17,19). The summed E-state index contributed by atoms with van der Waals surface area (Å²) in [5, 5.41) is 9.56. The third-order valence-electron chi connectivity index (χ3n) is 3.49. The Labute approximate surface area is 114 Å². The molecule has 0 saturated carbocycles. The summed E-state index contributed by atoms with van der Waals surface area (Å²) < 4.78 is 0. The Morgan fingerprint density at radius 3 is 2.84 bits per heavy atom. The molecule has 0 radical (unpaired) electrons. The molecule has 5 heteroatoms. The third kappa shape index (κ3) is 3.17. The molecule has 1 amide bonds. The van der Waals surface area contributed by atoms with Crippen LogP contribution in [0.25, 0.3) is 0 Å². The highest BCUT2D eigenvalue weighted by Gasteiger charge is 2.17. The fourth-order valence-corrected chi connectivity index (χ4v) is 1.98. The fraction of sp³-hybridized carbons (Fsp3) is 0.500. The van der Waals surface area contributed by atoms with Crippen LogP contribution in [0.4, 0.5) is 11.4 Å². The van der Waals surface area contributed by atoms with Crippen molar-refractivity contribution in [3.8, 4) is 0 Å². The molecule has 1 aliphatic heterocycles. The molecule has 0 aliphatic carbocycles. The maximum Gasteiger partial charge on any atom is 0.253 e. The quantitative estimate of drug-likeness (QED) is 0.763. The van der Waals surface area contributed by atoms with Gasteiger partial charge in [0.15, 0.2) is 0 Å². The first-order valence-corrected chi connectivity index (χ1v) is 6.65. The number of anilines is 2. The molecule has 19 heavy (non-hydrogen) atoms. The van der Waals surface area contributed by atoms with Crippen LogP contribution in [-0.2, 0) is 0 Å². The van der Waals surface area contributed by atoms with Gasteiger partial charge >= 0.3 is 0 Å². The number of carbonyl (C=O) groups is 1. The van der Waals surface area contributed by atoms with E-state index >= 15 is 0 Å². The average Bonchev–Trinajstić information content (AvgIpc) is 2.43. The van der Waals surface area contributed by atoms with Crippen molar-refractivity contribution in [2.24, 2.45) is 0 Å². The largest absolute Gasteiger partial charge is 0.382 e. The highest BCUT2D eigenvalue weighted by Crippen LogP contribution is 2.28. The van der Waals surface area contributed by atoms with Crippen molar-refractivity contribution in [1.29, 1.82) is 0 Å². The van der Waals surface area contributed by atoms with Gasteiger partial charge in [-0.05, 0) is 33.2 Å². The van der Waals surface area contributed by atoms with Crippen LogP contribution >= 0.6 is 0 Å². The molecule has 0 fully saturated rings. The first-order chi connectivity index (χ1) is 9.09. The van der Waals surface area contributed by atoms with Crippen LogP contribution in [0.3, 0.4) is 0 Å². The van der Waals surface area contributed by atoms with E-state index in [1.165, 1.54) is 0 Å². The second-order valence-electron chi connectivity index (χ2n) is 5.10. The van der Waals surface area contributed by atoms with Crippen molar-refractivity contribution in [1.82, 2.24) is 10.2 Å². The summed E-state index contributed by atoms with van der Waals surface area (Å²) >= 11 is 0. The third-order valence-corrected chi connectivity index (χ3v) is 3.49. The van der Waals surface area contributed by atoms with Gasteiger partial charge in [-0.15, -0.1) is 0 Å². The number of likely N-dealkylation sites (N-methyl/N-ethyl adjacent to an activating group) is 1. The van der Waals surface area contributed by atoms with E-state index in [9.17, 15) is 4.79 Å². The van der Waals surface area contributed by atoms with Crippen molar-refractivity contribution in [3.05, 3.63) is 23.8 Å². The van der Waals surface area contributed by atoms with Crippen LogP contribution in [0.2, 0.25) is 0 Å². The summed E-state index contributed by atoms with van der Waals surface area (Å²) in [6.07, 6.45) is 0. The van der Waals surface area contributed by atoms with E-state index in [0.29, 0.717) is 18.2 Å². The second-order valence-corrected chi connectivity index (χ2v) is 5.10. The lowest BCUT2D eigenvalue weighted by Gasteiger charge is -2.23. The van der Waals surface area contributed by atoms with Gasteiger partial charge in [0.25, 0.3) is 5.91 Å². The van der Waals surface area contributed by atoms with Gasteiger partial charge in [0, 0.05) is 25.7 Å². The Bertz CT molecular complexity index is 459. The van der Waals surface area contributed by atoms with Gasteiger partial charge in [-0.25, -0.2) is 0 Å². The van der Waals surface area contributed by atoms with Gasteiger partial charge in [0.1, 0.15) is 0 Å². The molecular formula is C14H22N4O. The lowest BCUT2D eigenvalue weighted by Crippen LogP contribution is -2.38. The average molecular weight is 262 g/mol. The zero-order chi connectivity index (χ0) is 13.8. The monoisotopic (exact) mass is 262 g/mol. The molecule has 0 aromatic heterocycles. The molecule has 104 valence electrons. The van der Waals surface area contributed by atoms with Crippen LogP contribution in [0.15, 0.2) is 18.2 Å². The fourth-order valence-electron chi connectivity index (χ4n) is 1.98. The van der Waals surface area contributed by atoms with Crippen LogP contribution in [0.5, 0.6) is 0 Å². The predicted molar refractivity (Wildman–Crippen MR) is 78.9 cm³/mol. The number of benzene rings is 1. The number of hydrogen-bond donors (Lipinski definition) is 3. The van der Waals surface area contributed by atoms with E-state index in [2.05, 4.69) is 27.8 Å². The Balaban J connectivity index is 2.07. The lowest BCUT2D eigenvalue weighted by atomic mass is 10.1. The van der Waals surface area contributed by atoms with Crippen LogP contribution in [-0.4, -0.2) is 50.6 Å². The molecule has 2 rings (SSSR count). The lowest BCUT2D eigenvalue weighted by molar-refractivity contribution is 0.0944. The number of nitrogens with one attached hydrogen (secondary N) is 3. The van der Waals surface area contributed by atoms with E-state index in [1.807, 2.05) is 32.3 Å². The first kappa shape index (κ1) is 13.7. The topological polar surface area (TPSA) is 56.4 Å². The summed E-state index contributed by atoms with van der Waals surface area (Å²) in [6, 6.07) is 6.06. The van der Waals surface area contributed by atoms with Gasteiger partial charge < -0.3 is 20.9 Å². The molecule has 1 atom stereocenters. The van der Waals surface area contributed by atoms with Gasteiger partial charge in [-0.2, -0.15) is 0 Å². The van der Waals surface area contributed by atoms with E-state index in [0.717, 1.165) is 24.5 Å². The summed E-state index contributed by atoms with van der Waals surface area (Å²) in [6.45, 7) is 4.45. The van der Waals surface area contributed by atoms with Crippen molar-refractivity contribution in [2.45, 2.75) is 13.0 Å². The maximum absolute atomic E-state index is 12.2. The number of carbonyl (C=O) groups excluding carboxylic acids is 1. The first-order valence-electron chi connectivity index (χ1n) is 6.65. The minimum atomic E-state index is -0.0262. The molecule has 1 heterocycles. The normalized spacial score (nSPS) is 15.2. The zero-order valence-electron chi connectivity index (χ0n) is 11.8. The molecule has 1 aromatic rings. The van der Waals surface area contributed by atoms with E-state index in [-0.39, 0.29) is 5.91 Å². The van der Waals surface area contributed by atoms with Crippen LogP contribution in [0, 0.1) is 0 Å². The molecular weight excluding hydrogens is 240 g/mol. The maximum atomic E-state index is 12.2. The Kier molecular flexibility index (Phi) is 4.27. The summed E-state index contributed by atoms with van der Waals surface area (Å²) in [5.41, 5.74) is 2.61. The van der Waals surface area contributed by atoms with Crippen molar-refractivity contribution in [2.75, 3.05) is 44.4 Å². The Morgan fingerprint density at radius 2 is 2.11 bits per heavy atom. The minimum absolute atomic E-state index is 0.0262. The van der Waals surface area contributed by atoms with Crippen LogP contribution < -0.4 is 16.0 Å². The van der Waals surface area contributed by atoms with E-state index in [4.69, 9.17) is 0 Å². The molecule has 1 unspecified atom stereocenters. The zero-order valence-corrected chi connectivity index (χ0v) is 11.8. The summed E-state index contributed by atoms with van der Waals surface area (Å²) in [4.78, 5) is 14.3. The number of fused-ring (bicyclic) bond motifs is 1. The predicted octanol–water partition coefficient (Wildman–Crippen LogP) is 1.20. The van der Waals surface area contributed by atoms with Crippen molar-refractivity contribution in [3.63, 3.8) is 0 Å². The number of nitrogens with zero attached hydrogens (tertiary/aromatic N) is 1. The van der Waals surface area contributed by atoms with E-state index < -0.39 is 0 Å². The summed E-state index contributed by atoms with van der Waals surface area (Å²) in [7, 11) is 4.01. The van der Waals surface area contributed by atoms with Crippen LogP contribution in [0.1, 0.15) is 17.3 Å². The minimum Gasteiger partial charge on any atom is -0.382 e. The molecule has 1 aromatic carbocycles. The molecule has 0 saturated heterocycles. The Hall–Kier alpha value is -1.75. The Morgan fingerprint density at radius 1 is 1.37 bits per heavy atom. The molecule has 1 aliphatic rings. The smallest absolute Gasteiger partial charge is 0.253 e. The highest BCUT2D eigenvalue weighted by molar-refractivity contribution is 6.02. The van der Waals surface area contributed by atoms with E-state index in [1.54, 1.807) is 0 Å². The highest BCUT2D eigenvalue weighted by atomic mass is 16.1. The van der Waals surface area contributed by atoms with Crippen molar-refractivity contribution < 1.29 is 4.79 Å². The number of para-hydroxylation sites is 1. The number of rotatable bonds is 4. The SMILES string of the molecule is CC(CNC(=O)c1cccc2c1NCCN2)N(C)C. The second kappa shape index (κ2) is 5.93. The number of hydrogen-bond acceptors (Lipinski definition) is 4. The number of amides is 1. The van der Waals surface area contributed by atoms with Gasteiger partial charge in [0.05, 0.1) is 16.9 Å². The molecule has 3 N–H and O–H groups in total.